The van der Waals surface area contributed by atoms with Crippen LogP contribution in [0.5, 0.6) is 0 Å². The van der Waals surface area contributed by atoms with Crippen molar-refractivity contribution in [2.24, 2.45) is 16.3 Å². The van der Waals surface area contributed by atoms with Crippen LogP contribution in [0.2, 0.25) is 0 Å². The van der Waals surface area contributed by atoms with Crippen LogP contribution in [0.3, 0.4) is 0 Å². The van der Waals surface area contributed by atoms with Crippen molar-refractivity contribution in [1.29, 1.82) is 0 Å². The molecule has 1 heterocycles. The van der Waals surface area contributed by atoms with Gasteiger partial charge in [0.05, 0.1) is 5.41 Å². The number of aliphatic carboxylic acids is 1. The van der Waals surface area contributed by atoms with Gasteiger partial charge in [0.15, 0.2) is 6.04 Å². The predicted octanol–water partition coefficient (Wildman–Crippen LogP) is 1.50. The number of aliphatic imine (C=N–C) groups is 1. The summed E-state index contributed by atoms with van der Waals surface area (Å²) in [7, 11) is 0. The van der Waals surface area contributed by atoms with E-state index in [0.29, 0.717) is 5.92 Å². The first-order valence-corrected chi connectivity index (χ1v) is 5.08. The third kappa shape index (κ3) is 2.10. The van der Waals surface area contributed by atoms with E-state index in [1.165, 1.54) is 6.21 Å². The van der Waals surface area contributed by atoms with E-state index >= 15 is 0 Å². The number of carboxylic acid groups (broad SMARTS) is 1. The first-order chi connectivity index (χ1) is 7.12. The second kappa shape index (κ2) is 3.54. The summed E-state index contributed by atoms with van der Waals surface area (Å²) in [5.41, 5.74) is -0.650. The summed E-state index contributed by atoms with van der Waals surface area (Å²) >= 11 is 0. The number of dihydropyridines is 1. The average Bonchev–Trinajstić information content (AvgIpc) is 2.98. The fraction of sp³-hybridized carbons (Fsp3) is 0.500. The van der Waals surface area contributed by atoms with Gasteiger partial charge in [0.2, 0.25) is 0 Å². The zero-order chi connectivity index (χ0) is 10.9. The lowest BCUT2D eigenvalue weighted by atomic mass is 9.81. The van der Waals surface area contributed by atoms with E-state index in [-0.39, 0.29) is 0 Å². The SMILES string of the molecule is CC1(C#CC2CC2)C=CC=NC1C(=O)O. The van der Waals surface area contributed by atoms with E-state index < -0.39 is 17.4 Å². The third-order valence-electron chi connectivity index (χ3n) is 2.69. The first-order valence-electron chi connectivity index (χ1n) is 5.08. The van der Waals surface area contributed by atoms with Crippen LogP contribution in [-0.2, 0) is 4.79 Å². The smallest absolute Gasteiger partial charge is 0.330 e. The van der Waals surface area contributed by atoms with E-state index in [2.05, 4.69) is 16.8 Å². The van der Waals surface area contributed by atoms with Crippen LogP contribution in [0.1, 0.15) is 19.8 Å². The molecule has 0 aromatic rings. The zero-order valence-electron chi connectivity index (χ0n) is 8.60. The highest BCUT2D eigenvalue weighted by Gasteiger charge is 2.37. The van der Waals surface area contributed by atoms with Crippen LogP contribution >= 0.6 is 0 Å². The summed E-state index contributed by atoms with van der Waals surface area (Å²) in [6.07, 6.45) is 7.41. The molecule has 3 heteroatoms. The molecule has 1 aliphatic carbocycles. The van der Waals surface area contributed by atoms with Gasteiger partial charge in [0, 0.05) is 12.1 Å². The summed E-state index contributed by atoms with van der Waals surface area (Å²) in [6, 6.07) is -0.770. The predicted molar refractivity (Wildman–Crippen MR) is 57.7 cm³/mol. The largest absolute Gasteiger partial charge is 0.480 e. The topological polar surface area (TPSA) is 49.7 Å². The Labute approximate surface area is 88.9 Å². The molecule has 0 aromatic carbocycles. The minimum absolute atomic E-state index is 0.482. The highest BCUT2D eigenvalue weighted by molar-refractivity contribution is 5.83. The summed E-state index contributed by atoms with van der Waals surface area (Å²) in [5, 5.41) is 9.04. The zero-order valence-corrected chi connectivity index (χ0v) is 8.60. The van der Waals surface area contributed by atoms with E-state index in [9.17, 15) is 4.79 Å². The quantitative estimate of drug-likeness (QED) is 0.656. The lowest BCUT2D eigenvalue weighted by Crippen LogP contribution is -2.36. The van der Waals surface area contributed by atoms with Crippen molar-refractivity contribution in [2.45, 2.75) is 25.8 Å². The molecule has 15 heavy (non-hydrogen) atoms. The monoisotopic (exact) mass is 203 g/mol. The molecule has 0 bridgehead atoms. The number of carbonyl (C=O) groups is 1. The lowest BCUT2D eigenvalue weighted by Gasteiger charge is -2.26. The van der Waals surface area contributed by atoms with Crippen molar-refractivity contribution in [3.05, 3.63) is 12.2 Å². The Morgan fingerprint density at radius 2 is 2.33 bits per heavy atom. The molecule has 0 spiro atoms. The number of hydrogen-bond acceptors (Lipinski definition) is 2. The Morgan fingerprint density at radius 3 is 2.93 bits per heavy atom. The first kappa shape index (κ1) is 9.97. The van der Waals surface area contributed by atoms with Crippen LogP contribution in [0.25, 0.3) is 0 Å². The Bertz CT molecular complexity index is 396. The minimum atomic E-state index is -0.914. The molecule has 2 unspecified atom stereocenters. The fourth-order valence-electron chi connectivity index (χ4n) is 1.54. The number of allylic oxidation sites excluding steroid dienone is 1. The van der Waals surface area contributed by atoms with Gasteiger partial charge in [0.1, 0.15) is 0 Å². The van der Waals surface area contributed by atoms with Crippen molar-refractivity contribution in [3.8, 4) is 11.8 Å². The Morgan fingerprint density at radius 1 is 1.60 bits per heavy atom. The third-order valence-corrected chi connectivity index (χ3v) is 2.69. The molecule has 3 nitrogen and oxygen atoms in total. The van der Waals surface area contributed by atoms with Crippen LogP contribution in [0.15, 0.2) is 17.1 Å². The molecule has 2 rings (SSSR count). The van der Waals surface area contributed by atoms with Gasteiger partial charge in [-0.25, -0.2) is 4.79 Å². The summed E-state index contributed by atoms with van der Waals surface area (Å²) in [5.74, 6) is 5.74. The Hall–Kier alpha value is -1.56. The van der Waals surface area contributed by atoms with Crippen LogP contribution in [-0.4, -0.2) is 23.3 Å². The van der Waals surface area contributed by atoms with Crippen LogP contribution < -0.4 is 0 Å². The number of carboxylic acids is 1. The fourth-order valence-corrected chi connectivity index (χ4v) is 1.54. The molecule has 1 N–H and O–H groups in total. The van der Waals surface area contributed by atoms with Crippen LogP contribution in [0, 0.1) is 23.2 Å². The van der Waals surface area contributed by atoms with Gasteiger partial charge >= 0.3 is 5.97 Å². The molecule has 0 amide bonds. The average molecular weight is 203 g/mol. The second-order valence-electron chi connectivity index (χ2n) is 4.22. The highest BCUT2D eigenvalue weighted by Crippen LogP contribution is 2.31. The number of hydrogen-bond donors (Lipinski definition) is 1. The molecule has 2 aliphatic rings. The van der Waals surface area contributed by atoms with E-state index in [1.54, 1.807) is 6.08 Å². The normalized spacial score (nSPS) is 33.3. The van der Waals surface area contributed by atoms with Gasteiger partial charge in [-0.3, -0.25) is 4.99 Å². The van der Waals surface area contributed by atoms with E-state index in [0.717, 1.165) is 12.8 Å². The minimum Gasteiger partial charge on any atom is -0.480 e. The molecule has 0 aromatic heterocycles. The van der Waals surface area contributed by atoms with Crippen LogP contribution in [0.4, 0.5) is 0 Å². The second-order valence-corrected chi connectivity index (χ2v) is 4.22. The van der Waals surface area contributed by atoms with Gasteiger partial charge in [-0.2, -0.15) is 0 Å². The Balaban J connectivity index is 2.23. The molecule has 2 atom stereocenters. The maximum atomic E-state index is 11.0. The maximum Gasteiger partial charge on any atom is 0.330 e. The van der Waals surface area contributed by atoms with Crippen molar-refractivity contribution >= 4 is 12.2 Å². The molecule has 78 valence electrons. The van der Waals surface area contributed by atoms with Crippen molar-refractivity contribution < 1.29 is 9.90 Å². The van der Waals surface area contributed by atoms with Crippen molar-refractivity contribution in [1.82, 2.24) is 0 Å². The van der Waals surface area contributed by atoms with Gasteiger partial charge in [-0.1, -0.05) is 17.9 Å². The Kier molecular flexibility index (Phi) is 2.36. The molecular weight excluding hydrogens is 190 g/mol. The molecule has 0 radical (unpaired) electrons. The molecular formula is C12H13NO2. The molecule has 1 saturated carbocycles. The van der Waals surface area contributed by atoms with E-state index in [1.807, 2.05) is 13.0 Å². The molecule has 0 saturated heterocycles. The van der Waals surface area contributed by atoms with E-state index in [4.69, 9.17) is 5.11 Å². The van der Waals surface area contributed by atoms with Crippen molar-refractivity contribution in [3.63, 3.8) is 0 Å². The van der Waals surface area contributed by atoms with Crippen molar-refractivity contribution in [2.75, 3.05) is 0 Å². The van der Waals surface area contributed by atoms with Gasteiger partial charge in [0.25, 0.3) is 0 Å². The van der Waals surface area contributed by atoms with Gasteiger partial charge in [-0.15, -0.1) is 0 Å². The lowest BCUT2D eigenvalue weighted by molar-refractivity contribution is -0.139. The van der Waals surface area contributed by atoms with Gasteiger partial charge in [-0.05, 0) is 25.8 Å². The number of rotatable bonds is 1. The maximum absolute atomic E-state index is 11.0. The standard InChI is InChI=1S/C12H13NO2/c1-12(7-5-9-3-4-9)6-2-8-13-10(12)11(14)15/h2,6,8-10H,3-4H2,1H3,(H,14,15). The molecule has 1 fully saturated rings. The summed E-state index contributed by atoms with van der Waals surface area (Å²) in [4.78, 5) is 15.0. The highest BCUT2D eigenvalue weighted by atomic mass is 16.4. The summed E-state index contributed by atoms with van der Waals surface area (Å²) < 4.78 is 0. The number of nitrogens with zero attached hydrogens (tertiary/aromatic N) is 1. The molecule has 1 aliphatic heterocycles. The van der Waals surface area contributed by atoms with Gasteiger partial charge < -0.3 is 5.11 Å². The summed E-state index contributed by atoms with van der Waals surface area (Å²) in [6.45, 7) is 1.83.